The van der Waals surface area contributed by atoms with Crippen molar-refractivity contribution < 1.29 is 0 Å². The highest BCUT2D eigenvalue weighted by atomic mass is 16.2. The number of aromatic amines is 2. The van der Waals surface area contributed by atoms with Crippen LogP contribution in [0.5, 0.6) is 0 Å². The smallest absolute Gasteiger partial charge is 0.262 e. The zero-order chi connectivity index (χ0) is 6.15. The van der Waals surface area contributed by atoms with Crippen LogP contribution < -0.4 is 11.1 Å². The quantitative estimate of drug-likeness (QED) is 0.400. The van der Waals surface area contributed by atoms with Crippen LogP contribution >= 0.6 is 0 Å². The third kappa shape index (κ3) is 0.481. The maximum absolute atomic E-state index is 10.4. The molecule has 0 bridgehead atoms. The number of hydrogen-bond acceptors (Lipinski definition) is 2. The second-order valence-electron chi connectivity index (χ2n) is 1.43. The molecule has 0 aliphatic carbocycles. The Morgan fingerprint density at radius 1 is 1.50 bits per heavy atom. The molecule has 1 heterocycles. The molecular formula is C3H5N3O2. The van der Waals surface area contributed by atoms with Gasteiger partial charge >= 0.3 is 11.1 Å². The second-order valence-corrected chi connectivity index (χ2v) is 1.43. The summed E-state index contributed by atoms with van der Waals surface area (Å²) in [6.07, 6.45) is 0. The monoisotopic (exact) mass is 115 g/mol. The minimum Gasteiger partial charge on any atom is -0.262 e. The Labute approximate surface area is 43.9 Å². The predicted molar refractivity (Wildman–Crippen MR) is 26.7 cm³/mol. The third-order valence-corrected chi connectivity index (χ3v) is 0.836. The van der Waals surface area contributed by atoms with Gasteiger partial charge in [0.25, 0.3) is 0 Å². The molecule has 5 heteroatoms. The van der Waals surface area contributed by atoms with E-state index in [0.717, 1.165) is 4.68 Å². The number of rotatable bonds is 0. The summed E-state index contributed by atoms with van der Waals surface area (Å²) in [6.45, 7) is 0. The zero-order valence-electron chi connectivity index (χ0n) is 4.26. The van der Waals surface area contributed by atoms with E-state index < -0.39 is 11.1 Å². The molecule has 0 aliphatic heterocycles. The summed E-state index contributed by atoms with van der Waals surface area (Å²) in [5.74, 6) is 0. The maximum Gasteiger partial charge on any atom is 0.332 e. The third-order valence-electron chi connectivity index (χ3n) is 0.836. The lowest BCUT2D eigenvalue weighted by atomic mass is 10.8. The van der Waals surface area contributed by atoms with Crippen LogP contribution in [0.4, 0.5) is 0 Å². The van der Waals surface area contributed by atoms with Gasteiger partial charge in [0.1, 0.15) is 0 Å². The number of H-pyrrole nitrogens is 2. The molecule has 8 heavy (non-hydrogen) atoms. The number of hydrogen-bond donors (Lipinski definition) is 2. The van der Waals surface area contributed by atoms with Gasteiger partial charge in [-0.15, -0.1) is 0 Å². The Balaban J connectivity index is 3.66. The molecule has 0 saturated heterocycles. The Morgan fingerprint density at radius 3 is 2.25 bits per heavy atom. The molecule has 0 unspecified atom stereocenters. The lowest BCUT2D eigenvalue weighted by Gasteiger charge is -1.77. The molecule has 0 saturated carbocycles. The summed E-state index contributed by atoms with van der Waals surface area (Å²) in [5, 5.41) is 4.41. The van der Waals surface area contributed by atoms with Crippen LogP contribution in [-0.4, -0.2) is 15.0 Å². The van der Waals surface area contributed by atoms with Gasteiger partial charge in [-0.3, -0.25) is 9.59 Å². The molecule has 1 aromatic rings. The molecular weight excluding hydrogens is 110 g/mol. The lowest BCUT2D eigenvalue weighted by molar-refractivity contribution is 0.695. The molecule has 0 radical (unpaired) electrons. The van der Waals surface area contributed by atoms with E-state index in [4.69, 9.17) is 0 Å². The average Bonchev–Trinajstić information content (AvgIpc) is 1.98. The molecule has 2 N–H and O–H groups in total. The maximum atomic E-state index is 10.4. The van der Waals surface area contributed by atoms with Gasteiger partial charge in [-0.25, -0.2) is 15.0 Å². The van der Waals surface area contributed by atoms with Crippen molar-refractivity contribution in [3.63, 3.8) is 0 Å². The molecule has 0 atom stereocenters. The Morgan fingerprint density at radius 2 is 2.12 bits per heavy atom. The van der Waals surface area contributed by atoms with Gasteiger partial charge in [-0.2, -0.15) is 0 Å². The minimum atomic E-state index is -0.618. The molecule has 1 aromatic heterocycles. The first-order valence-electron chi connectivity index (χ1n) is 2.05. The number of aromatic nitrogens is 3. The zero-order valence-corrected chi connectivity index (χ0v) is 4.26. The van der Waals surface area contributed by atoms with Crippen molar-refractivity contribution in [2.45, 2.75) is 0 Å². The van der Waals surface area contributed by atoms with Crippen LogP contribution in [0.2, 0.25) is 0 Å². The normalized spacial score (nSPS) is 9.62. The van der Waals surface area contributed by atoms with Crippen molar-refractivity contribution in [3.8, 4) is 0 Å². The van der Waals surface area contributed by atoms with Crippen LogP contribution in [0.25, 0.3) is 0 Å². The molecule has 5 nitrogen and oxygen atoms in total. The van der Waals surface area contributed by atoms with Crippen LogP contribution in [0.15, 0.2) is 9.59 Å². The van der Waals surface area contributed by atoms with E-state index in [9.17, 15) is 9.59 Å². The van der Waals surface area contributed by atoms with Gasteiger partial charge in [0.05, 0.1) is 0 Å². The van der Waals surface area contributed by atoms with E-state index in [1.807, 2.05) is 0 Å². The van der Waals surface area contributed by atoms with E-state index in [1.165, 1.54) is 7.05 Å². The van der Waals surface area contributed by atoms with Crippen LogP contribution in [0.1, 0.15) is 0 Å². The molecule has 0 spiro atoms. The van der Waals surface area contributed by atoms with Gasteiger partial charge in [-0.1, -0.05) is 0 Å². The van der Waals surface area contributed by atoms with Crippen molar-refractivity contribution in [3.05, 3.63) is 20.7 Å². The van der Waals surface area contributed by atoms with E-state index in [0.29, 0.717) is 0 Å². The fourth-order valence-electron chi connectivity index (χ4n) is 0.391. The highest BCUT2D eigenvalue weighted by Crippen LogP contribution is 1.45. The Bertz CT molecular complexity index is 277. The van der Waals surface area contributed by atoms with Gasteiger partial charge in [-0.05, 0) is 0 Å². The molecule has 0 aliphatic rings. The van der Waals surface area contributed by atoms with Crippen molar-refractivity contribution in [2.75, 3.05) is 0 Å². The predicted octanol–water partition coefficient (Wildman–Crippen LogP) is -1.60. The first kappa shape index (κ1) is 4.89. The van der Waals surface area contributed by atoms with E-state index in [-0.39, 0.29) is 0 Å². The van der Waals surface area contributed by atoms with Gasteiger partial charge in [0.2, 0.25) is 0 Å². The van der Waals surface area contributed by atoms with E-state index in [2.05, 4.69) is 10.3 Å². The highest BCUT2D eigenvalue weighted by Gasteiger charge is 1.92. The van der Waals surface area contributed by atoms with Gasteiger partial charge < -0.3 is 0 Å². The standard InChI is InChI=1S/C3H5N3O2/c1-6-3(8)2(7)4-5-6/h5H,1H3,(H,4,7). The fraction of sp³-hybridized carbons (Fsp3) is 0.333. The number of nitrogens with one attached hydrogen (secondary N) is 2. The number of nitrogens with zero attached hydrogens (tertiary/aromatic N) is 1. The van der Waals surface area contributed by atoms with Crippen molar-refractivity contribution in [2.24, 2.45) is 7.05 Å². The summed E-state index contributed by atoms with van der Waals surface area (Å²) in [5.41, 5.74) is -1.18. The topological polar surface area (TPSA) is 70.7 Å². The highest BCUT2D eigenvalue weighted by molar-refractivity contribution is 4.68. The molecule has 1 rings (SSSR count). The van der Waals surface area contributed by atoms with Gasteiger partial charge in [0.15, 0.2) is 0 Å². The van der Waals surface area contributed by atoms with E-state index in [1.54, 1.807) is 0 Å². The summed E-state index contributed by atoms with van der Waals surface area (Å²) in [7, 11) is 1.46. The van der Waals surface area contributed by atoms with Crippen molar-refractivity contribution >= 4 is 0 Å². The summed E-state index contributed by atoms with van der Waals surface area (Å²) in [6, 6.07) is 0. The molecule has 0 fully saturated rings. The minimum absolute atomic E-state index is 0.565. The largest absolute Gasteiger partial charge is 0.332 e. The Hall–Kier alpha value is -1.26. The molecule has 44 valence electrons. The summed E-state index contributed by atoms with van der Waals surface area (Å²) >= 11 is 0. The van der Waals surface area contributed by atoms with Gasteiger partial charge in [0, 0.05) is 7.05 Å². The van der Waals surface area contributed by atoms with Crippen molar-refractivity contribution in [1.82, 2.24) is 15.0 Å². The fourth-order valence-corrected chi connectivity index (χ4v) is 0.391. The van der Waals surface area contributed by atoms with Crippen molar-refractivity contribution in [1.29, 1.82) is 0 Å². The summed E-state index contributed by atoms with van der Waals surface area (Å²) < 4.78 is 1.07. The lowest BCUT2D eigenvalue weighted by Crippen LogP contribution is -2.25. The SMILES string of the molecule is Cn1[nH][nH]c(=O)c1=O. The van der Waals surface area contributed by atoms with E-state index >= 15 is 0 Å². The first-order valence-corrected chi connectivity index (χ1v) is 2.05. The average molecular weight is 115 g/mol. The first-order chi connectivity index (χ1) is 3.72. The van der Waals surface area contributed by atoms with Crippen LogP contribution in [0, 0.1) is 0 Å². The number of aryl methyl sites for hydroxylation is 1. The van der Waals surface area contributed by atoms with Crippen LogP contribution in [0.3, 0.4) is 0 Å². The molecule has 0 amide bonds. The Kier molecular flexibility index (Phi) is 0.831. The van der Waals surface area contributed by atoms with Crippen LogP contribution in [-0.2, 0) is 7.05 Å². The second kappa shape index (κ2) is 1.36. The molecule has 0 aromatic carbocycles. The summed E-state index contributed by atoms with van der Waals surface area (Å²) in [4.78, 5) is 20.6.